The minimum absolute atomic E-state index is 0.0217. The fourth-order valence-electron chi connectivity index (χ4n) is 2.74. The second-order valence-corrected chi connectivity index (χ2v) is 7.13. The van der Waals surface area contributed by atoms with Crippen LogP contribution in [0.25, 0.3) is 10.8 Å². The number of benzene rings is 2. The Balaban J connectivity index is 1.80. The smallest absolute Gasteiger partial charge is 0.237 e. The molecule has 1 N–H and O–H groups in total. The van der Waals surface area contributed by atoms with Gasteiger partial charge in [0.15, 0.2) is 5.16 Å². The molecule has 5 heteroatoms. The van der Waals surface area contributed by atoms with Crippen LogP contribution in [0.1, 0.15) is 24.7 Å². The summed E-state index contributed by atoms with van der Waals surface area (Å²) in [5.41, 5.74) is 2.67. The molecule has 1 heterocycles. The maximum atomic E-state index is 12.8. The summed E-state index contributed by atoms with van der Waals surface area (Å²) in [6, 6.07) is 15.9. The summed E-state index contributed by atoms with van der Waals surface area (Å²) in [5.74, 6) is -0.0217. The Morgan fingerprint density at radius 1 is 1.08 bits per heavy atom. The van der Waals surface area contributed by atoms with Crippen molar-refractivity contribution in [2.45, 2.75) is 37.6 Å². The number of thioether (sulfide) groups is 1. The summed E-state index contributed by atoms with van der Waals surface area (Å²) in [4.78, 5) is 21.6. The number of anilines is 1. The number of carbonyl (C=O) groups is 1. The molecule has 0 fully saturated rings. The molecule has 25 heavy (non-hydrogen) atoms. The molecular formula is C20H21N3OS. The van der Waals surface area contributed by atoms with Gasteiger partial charge in [-0.3, -0.25) is 4.79 Å². The molecule has 0 saturated carbocycles. The van der Waals surface area contributed by atoms with Crippen molar-refractivity contribution in [1.29, 1.82) is 0 Å². The highest BCUT2D eigenvalue weighted by atomic mass is 32.2. The Morgan fingerprint density at radius 3 is 2.48 bits per heavy atom. The van der Waals surface area contributed by atoms with E-state index in [4.69, 9.17) is 0 Å². The first-order valence-electron chi connectivity index (χ1n) is 8.34. The molecule has 0 aliphatic carbocycles. The third-order valence-electron chi connectivity index (χ3n) is 3.92. The van der Waals surface area contributed by atoms with Crippen molar-refractivity contribution in [2.75, 3.05) is 5.32 Å². The highest BCUT2D eigenvalue weighted by molar-refractivity contribution is 8.00. The predicted octanol–water partition coefficient (Wildman–Crippen LogP) is 4.76. The first-order valence-corrected chi connectivity index (χ1v) is 9.22. The predicted molar refractivity (Wildman–Crippen MR) is 104 cm³/mol. The number of nitrogens with zero attached hydrogens (tertiary/aromatic N) is 2. The molecule has 0 saturated heterocycles. The monoisotopic (exact) mass is 351 g/mol. The van der Waals surface area contributed by atoms with E-state index < -0.39 is 0 Å². The molecule has 1 amide bonds. The van der Waals surface area contributed by atoms with Crippen LogP contribution >= 0.6 is 11.8 Å². The molecule has 0 spiro atoms. The average molecular weight is 351 g/mol. The van der Waals surface area contributed by atoms with Crippen molar-refractivity contribution in [1.82, 2.24) is 9.97 Å². The van der Waals surface area contributed by atoms with Gasteiger partial charge in [-0.15, -0.1) is 0 Å². The van der Waals surface area contributed by atoms with Crippen LogP contribution in [0.3, 0.4) is 0 Å². The van der Waals surface area contributed by atoms with Crippen LogP contribution in [-0.4, -0.2) is 21.1 Å². The second kappa shape index (κ2) is 7.66. The number of rotatable bonds is 5. The van der Waals surface area contributed by atoms with Crippen LogP contribution in [0.15, 0.2) is 53.7 Å². The summed E-state index contributed by atoms with van der Waals surface area (Å²) < 4.78 is 0. The maximum Gasteiger partial charge on any atom is 0.237 e. The van der Waals surface area contributed by atoms with Gasteiger partial charge in [-0.25, -0.2) is 9.97 Å². The standard InChI is InChI=1S/C20H21N3OS/c1-4-18(25-20-21-13(2)12-14(3)22-20)19(24)23-17-11-7-9-15-8-5-6-10-16(15)17/h5-12,18H,4H2,1-3H3,(H,23,24). The number of aromatic nitrogens is 2. The summed E-state index contributed by atoms with van der Waals surface area (Å²) in [6.45, 7) is 5.88. The fraction of sp³-hybridized carbons (Fsp3) is 0.250. The van der Waals surface area contributed by atoms with E-state index in [1.54, 1.807) is 0 Å². The van der Waals surface area contributed by atoms with Crippen molar-refractivity contribution in [3.63, 3.8) is 0 Å². The average Bonchev–Trinajstić information content (AvgIpc) is 2.59. The van der Waals surface area contributed by atoms with Gasteiger partial charge in [0.1, 0.15) is 0 Å². The third kappa shape index (κ3) is 4.17. The van der Waals surface area contributed by atoms with Gasteiger partial charge in [0.2, 0.25) is 5.91 Å². The number of amides is 1. The number of hydrogen-bond acceptors (Lipinski definition) is 4. The minimum atomic E-state index is -0.236. The van der Waals surface area contributed by atoms with Crippen molar-refractivity contribution in [3.8, 4) is 0 Å². The zero-order valence-corrected chi connectivity index (χ0v) is 15.4. The molecule has 1 atom stereocenters. The quantitative estimate of drug-likeness (QED) is 0.532. The Kier molecular flexibility index (Phi) is 5.34. The second-order valence-electron chi connectivity index (χ2n) is 5.96. The number of carbonyl (C=O) groups excluding carboxylic acids is 1. The lowest BCUT2D eigenvalue weighted by atomic mass is 10.1. The molecule has 2 aromatic carbocycles. The molecule has 0 bridgehead atoms. The molecule has 1 aromatic heterocycles. The van der Waals surface area contributed by atoms with E-state index in [1.807, 2.05) is 69.3 Å². The first kappa shape index (κ1) is 17.4. The van der Waals surface area contributed by atoms with Crippen LogP contribution in [-0.2, 0) is 4.79 Å². The molecule has 3 rings (SSSR count). The highest BCUT2D eigenvalue weighted by Gasteiger charge is 2.20. The first-order chi connectivity index (χ1) is 12.1. The van der Waals surface area contributed by atoms with E-state index in [1.165, 1.54) is 11.8 Å². The third-order valence-corrected chi connectivity index (χ3v) is 5.15. The molecule has 1 unspecified atom stereocenters. The maximum absolute atomic E-state index is 12.8. The lowest BCUT2D eigenvalue weighted by molar-refractivity contribution is -0.115. The fourth-order valence-corrected chi connectivity index (χ4v) is 3.72. The van der Waals surface area contributed by atoms with Crippen LogP contribution in [0.5, 0.6) is 0 Å². The molecule has 4 nitrogen and oxygen atoms in total. The highest BCUT2D eigenvalue weighted by Crippen LogP contribution is 2.27. The minimum Gasteiger partial charge on any atom is -0.325 e. The Hall–Kier alpha value is -2.40. The van der Waals surface area contributed by atoms with Gasteiger partial charge in [0, 0.05) is 22.5 Å². The van der Waals surface area contributed by atoms with Crippen molar-refractivity contribution in [3.05, 3.63) is 59.9 Å². The SMILES string of the molecule is CCC(Sc1nc(C)cc(C)n1)C(=O)Nc1cccc2ccccc12. The topological polar surface area (TPSA) is 54.9 Å². The summed E-state index contributed by atoms with van der Waals surface area (Å²) in [6.07, 6.45) is 0.706. The van der Waals surface area contributed by atoms with Crippen LogP contribution in [0.4, 0.5) is 5.69 Å². The summed E-state index contributed by atoms with van der Waals surface area (Å²) in [7, 11) is 0. The number of nitrogens with one attached hydrogen (secondary N) is 1. The normalized spacial score (nSPS) is 12.1. The van der Waals surface area contributed by atoms with Gasteiger partial charge in [-0.2, -0.15) is 0 Å². The van der Waals surface area contributed by atoms with Crippen molar-refractivity contribution >= 4 is 34.1 Å². The van der Waals surface area contributed by atoms with E-state index in [2.05, 4.69) is 15.3 Å². The summed E-state index contributed by atoms with van der Waals surface area (Å²) >= 11 is 1.42. The van der Waals surface area contributed by atoms with Gasteiger partial charge >= 0.3 is 0 Å². The molecule has 0 aliphatic heterocycles. The van der Waals surface area contributed by atoms with Gasteiger partial charge < -0.3 is 5.32 Å². The molecule has 3 aromatic rings. The largest absolute Gasteiger partial charge is 0.325 e. The van der Waals surface area contributed by atoms with E-state index in [-0.39, 0.29) is 11.2 Å². The van der Waals surface area contributed by atoms with Crippen molar-refractivity contribution in [2.24, 2.45) is 0 Å². The number of hydrogen-bond donors (Lipinski definition) is 1. The Bertz CT molecular complexity index is 885. The van der Waals surface area contributed by atoms with Crippen LogP contribution < -0.4 is 5.32 Å². The van der Waals surface area contributed by atoms with Crippen LogP contribution in [0.2, 0.25) is 0 Å². The van der Waals surface area contributed by atoms with Gasteiger partial charge in [-0.1, -0.05) is 55.1 Å². The zero-order chi connectivity index (χ0) is 17.8. The Morgan fingerprint density at radius 2 is 1.76 bits per heavy atom. The van der Waals surface area contributed by atoms with E-state index in [0.29, 0.717) is 11.6 Å². The van der Waals surface area contributed by atoms with Gasteiger partial charge in [0.05, 0.1) is 5.25 Å². The molecule has 128 valence electrons. The molecule has 0 radical (unpaired) electrons. The Labute approximate surface area is 152 Å². The zero-order valence-electron chi connectivity index (χ0n) is 14.6. The van der Waals surface area contributed by atoms with E-state index in [0.717, 1.165) is 27.8 Å². The number of fused-ring (bicyclic) bond motifs is 1. The van der Waals surface area contributed by atoms with Crippen LogP contribution in [0, 0.1) is 13.8 Å². The lowest BCUT2D eigenvalue weighted by Gasteiger charge is -2.15. The number of aryl methyl sites for hydroxylation is 2. The van der Waals surface area contributed by atoms with Crippen molar-refractivity contribution < 1.29 is 4.79 Å². The molecular weight excluding hydrogens is 330 g/mol. The summed E-state index contributed by atoms with van der Waals surface area (Å²) in [5, 5.41) is 5.64. The van der Waals surface area contributed by atoms with E-state index in [9.17, 15) is 4.79 Å². The van der Waals surface area contributed by atoms with E-state index >= 15 is 0 Å². The van der Waals surface area contributed by atoms with Gasteiger partial charge in [0.25, 0.3) is 0 Å². The molecule has 0 aliphatic rings. The lowest BCUT2D eigenvalue weighted by Crippen LogP contribution is -2.25. The van der Waals surface area contributed by atoms with Gasteiger partial charge in [-0.05, 0) is 37.8 Å².